The molecule has 2 nitrogen and oxygen atoms in total. The molecule has 0 radical (unpaired) electrons. The average molecular weight is 268 g/mol. The molecule has 2 rings (SSSR count). The van der Waals surface area contributed by atoms with E-state index in [-0.39, 0.29) is 0 Å². The van der Waals surface area contributed by atoms with Gasteiger partial charge in [-0.3, -0.25) is 0 Å². The Kier molecular flexibility index (Phi) is 4.80. The third kappa shape index (κ3) is 3.40. The number of para-hydroxylation sites is 1. The second-order valence-electron chi connectivity index (χ2n) is 5.42. The molecule has 0 saturated heterocycles. The zero-order chi connectivity index (χ0) is 14.5. The van der Waals surface area contributed by atoms with Crippen LogP contribution in [-0.4, -0.2) is 20.6 Å². The molecule has 0 heterocycles. The first-order chi connectivity index (χ1) is 9.61. The summed E-state index contributed by atoms with van der Waals surface area (Å²) in [4.78, 5) is 2.29. The van der Waals surface area contributed by atoms with Gasteiger partial charge in [0.25, 0.3) is 0 Å². The molecule has 0 aromatic heterocycles. The zero-order valence-corrected chi connectivity index (χ0v) is 12.9. The summed E-state index contributed by atoms with van der Waals surface area (Å²) in [5, 5.41) is 3.45. The Hall–Kier alpha value is -1.80. The van der Waals surface area contributed by atoms with Crippen molar-refractivity contribution in [2.75, 3.05) is 25.5 Å². The monoisotopic (exact) mass is 268 g/mol. The predicted octanol–water partition coefficient (Wildman–Crippen LogP) is 3.70. The van der Waals surface area contributed by atoms with Crippen molar-refractivity contribution in [1.29, 1.82) is 0 Å². The maximum Gasteiger partial charge on any atom is 0.0498 e. The number of anilines is 1. The van der Waals surface area contributed by atoms with Gasteiger partial charge in [-0.05, 0) is 44.2 Å². The molecule has 1 unspecified atom stereocenters. The van der Waals surface area contributed by atoms with Gasteiger partial charge in [0.15, 0.2) is 0 Å². The van der Waals surface area contributed by atoms with Crippen molar-refractivity contribution in [3.63, 3.8) is 0 Å². The standard InChI is InChI=1S/C18H24N2/c1-14-10-11-15(2)17(12-14)18(19-3)13-20(4)16-8-6-5-7-9-16/h5-12,18-19H,13H2,1-4H3. The zero-order valence-electron chi connectivity index (χ0n) is 12.9. The Morgan fingerprint density at radius 2 is 1.75 bits per heavy atom. The molecule has 1 N–H and O–H groups in total. The van der Waals surface area contributed by atoms with Crippen molar-refractivity contribution < 1.29 is 0 Å². The van der Waals surface area contributed by atoms with Gasteiger partial charge < -0.3 is 10.2 Å². The van der Waals surface area contributed by atoms with Crippen molar-refractivity contribution in [3.05, 3.63) is 65.2 Å². The lowest BCUT2D eigenvalue weighted by atomic mass is 9.98. The molecular weight excluding hydrogens is 244 g/mol. The largest absolute Gasteiger partial charge is 0.373 e. The maximum atomic E-state index is 3.45. The first-order valence-corrected chi connectivity index (χ1v) is 7.12. The van der Waals surface area contributed by atoms with E-state index < -0.39 is 0 Å². The number of benzene rings is 2. The molecule has 0 fully saturated rings. The van der Waals surface area contributed by atoms with Gasteiger partial charge in [-0.1, -0.05) is 42.0 Å². The first-order valence-electron chi connectivity index (χ1n) is 7.12. The number of nitrogens with zero attached hydrogens (tertiary/aromatic N) is 1. The normalized spacial score (nSPS) is 12.2. The summed E-state index contributed by atoms with van der Waals surface area (Å²) in [5.74, 6) is 0. The minimum absolute atomic E-state index is 0.333. The summed E-state index contributed by atoms with van der Waals surface area (Å²) in [5.41, 5.74) is 5.29. The van der Waals surface area contributed by atoms with Gasteiger partial charge in [-0.25, -0.2) is 0 Å². The first kappa shape index (κ1) is 14.6. The fourth-order valence-corrected chi connectivity index (χ4v) is 2.54. The Balaban J connectivity index is 2.19. The van der Waals surface area contributed by atoms with Gasteiger partial charge in [-0.2, -0.15) is 0 Å². The van der Waals surface area contributed by atoms with E-state index in [1.165, 1.54) is 22.4 Å². The molecule has 0 aliphatic rings. The third-order valence-corrected chi connectivity index (χ3v) is 3.81. The van der Waals surface area contributed by atoms with Gasteiger partial charge in [0.2, 0.25) is 0 Å². The van der Waals surface area contributed by atoms with Crippen LogP contribution in [0.5, 0.6) is 0 Å². The SMILES string of the molecule is CNC(CN(C)c1ccccc1)c1cc(C)ccc1C. The molecule has 0 bridgehead atoms. The summed E-state index contributed by atoms with van der Waals surface area (Å²) < 4.78 is 0. The average Bonchev–Trinajstić information content (AvgIpc) is 2.48. The van der Waals surface area contributed by atoms with E-state index in [4.69, 9.17) is 0 Å². The van der Waals surface area contributed by atoms with Crippen LogP contribution in [0.2, 0.25) is 0 Å². The number of likely N-dealkylation sites (N-methyl/N-ethyl adjacent to an activating group) is 2. The van der Waals surface area contributed by atoms with Crippen LogP contribution in [0.1, 0.15) is 22.7 Å². The highest BCUT2D eigenvalue weighted by Gasteiger charge is 2.14. The molecular formula is C18H24N2. The van der Waals surface area contributed by atoms with Crippen LogP contribution >= 0.6 is 0 Å². The molecule has 0 aliphatic heterocycles. The van der Waals surface area contributed by atoms with Gasteiger partial charge in [0, 0.05) is 25.3 Å². The number of rotatable bonds is 5. The van der Waals surface area contributed by atoms with E-state index in [1.54, 1.807) is 0 Å². The second kappa shape index (κ2) is 6.58. The fourth-order valence-electron chi connectivity index (χ4n) is 2.54. The summed E-state index contributed by atoms with van der Waals surface area (Å²) in [6, 6.07) is 17.5. The number of hydrogen-bond donors (Lipinski definition) is 1. The van der Waals surface area contributed by atoms with Gasteiger partial charge in [-0.15, -0.1) is 0 Å². The maximum absolute atomic E-state index is 3.45. The predicted molar refractivity (Wildman–Crippen MR) is 87.4 cm³/mol. The highest BCUT2D eigenvalue weighted by molar-refractivity contribution is 5.46. The van der Waals surface area contributed by atoms with E-state index in [0.717, 1.165) is 6.54 Å². The minimum atomic E-state index is 0.333. The number of aryl methyl sites for hydroxylation is 2. The number of hydrogen-bond acceptors (Lipinski definition) is 2. The van der Waals surface area contributed by atoms with E-state index >= 15 is 0 Å². The van der Waals surface area contributed by atoms with Crippen molar-refractivity contribution in [2.24, 2.45) is 0 Å². The second-order valence-corrected chi connectivity index (χ2v) is 5.42. The molecule has 2 heteroatoms. The van der Waals surface area contributed by atoms with Crippen LogP contribution in [0.15, 0.2) is 48.5 Å². The van der Waals surface area contributed by atoms with Crippen LogP contribution in [0.3, 0.4) is 0 Å². The van der Waals surface area contributed by atoms with Crippen LogP contribution in [-0.2, 0) is 0 Å². The molecule has 0 spiro atoms. The summed E-state index contributed by atoms with van der Waals surface area (Å²) in [6.45, 7) is 5.28. The minimum Gasteiger partial charge on any atom is -0.373 e. The topological polar surface area (TPSA) is 15.3 Å². The smallest absolute Gasteiger partial charge is 0.0498 e. The molecule has 0 aliphatic carbocycles. The summed E-state index contributed by atoms with van der Waals surface area (Å²) >= 11 is 0. The highest BCUT2D eigenvalue weighted by Crippen LogP contribution is 2.22. The molecule has 0 amide bonds. The van der Waals surface area contributed by atoms with Crippen LogP contribution in [0, 0.1) is 13.8 Å². The van der Waals surface area contributed by atoms with Crippen LogP contribution in [0.4, 0.5) is 5.69 Å². The molecule has 0 saturated carbocycles. The Bertz CT molecular complexity index is 549. The van der Waals surface area contributed by atoms with Crippen molar-refractivity contribution in [3.8, 4) is 0 Å². The lowest BCUT2D eigenvalue weighted by molar-refractivity contribution is 0.586. The van der Waals surface area contributed by atoms with Gasteiger partial charge in [0.1, 0.15) is 0 Å². The van der Waals surface area contributed by atoms with Crippen molar-refractivity contribution in [1.82, 2.24) is 5.32 Å². The van der Waals surface area contributed by atoms with Crippen LogP contribution < -0.4 is 10.2 Å². The quantitative estimate of drug-likeness (QED) is 0.889. The Labute approximate surface area is 122 Å². The summed E-state index contributed by atoms with van der Waals surface area (Å²) in [7, 11) is 4.18. The molecule has 2 aromatic carbocycles. The Morgan fingerprint density at radius 3 is 2.40 bits per heavy atom. The van der Waals surface area contributed by atoms with Crippen LogP contribution in [0.25, 0.3) is 0 Å². The van der Waals surface area contributed by atoms with E-state index in [2.05, 4.69) is 79.6 Å². The fraction of sp³-hybridized carbons (Fsp3) is 0.333. The molecule has 106 valence electrons. The number of nitrogens with one attached hydrogen (secondary N) is 1. The van der Waals surface area contributed by atoms with Crippen molar-refractivity contribution in [2.45, 2.75) is 19.9 Å². The lowest BCUT2D eigenvalue weighted by Crippen LogP contribution is -2.31. The summed E-state index contributed by atoms with van der Waals surface area (Å²) in [6.07, 6.45) is 0. The Morgan fingerprint density at radius 1 is 1.05 bits per heavy atom. The van der Waals surface area contributed by atoms with Gasteiger partial charge in [0.05, 0.1) is 0 Å². The third-order valence-electron chi connectivity index (χ3n) is 3.81. The highest BCUT2D eigenvalue weighted by atomic mass is 15.1. The molecule has 1 atom stereocenters. The lowest BCUT2D eigenvalue weighted by Gasteiger charge is -2.27. The molecule has 2 aromatic rings. The van der Waals surface area contributed by atoms with Crippen molar-refractivity contribution >= 4 is 5.69 Å². The van der Waals surface area contributed by atoms with E-state index in [0.29, 0.717) is 6.04 Å². The van der Waals surface area contributed by atoms with Gasteiger partial charge >= 0.3 is 0 Å². The van der Waals surface area contributed by atoms with E-state index in [9.17, 15) is 0 Å². The molecule has 20 heavy (non-hydrogen) atoms. The van der Waals surface area contributed by atoms with E-state index in [1.807, 2.05) is 7.05 Å².